The summed E-state index contributed by atoms with van der Waals surface area (Å²) in [5.74, 6) is 2.29. The predicted molar refractivity (Wildman–Crippen MR) is 80.8 cm³/mol. The van der Waals surface area contributed by atoms with E-state index in [1.165, 1.54) is 25.7 Å². The fourth-order valence-electron chi connectivity index (χ4n) is 2.77. The molecule has 0 saturated heterocycles. The fraction of sp³-hybridized carbons (Fsp3) is 0.562. The van der Waals surface area contributed by atoms with Crippen molar-refractivity contribution in [2.75, 3.05) is 5.88 Å². The molecule has 0 N–H and O–H groups in total. The Labute approximate surface area is 123 Å². The van der Waals surface area contributed by atoms with Crippen LogP contribution in [0.2, 0.25) is 0 Å². The van der Waals surface area contributed by atoms with Crippen molar-refractivity contribution in [2.45, 2.75) is 45.6 Å². The number of halogens is 2. The van der Waals surface area contributed by atoms with Crippen LogP contribution in [0, 0.1) is 18.7 Å². The van der Waals surface area contributed by atoms with E-state index in [2.05, 4.69) is 9.55 Å². The average Bonchev–Trinajstić information content (AvgIpc) is 3.18. The van der Waals surface area contributed by atoms with Crippen LogP contribution in [0.25, 0.3) is 11.0 Å². The number of benzene rings is 1. The molecule has 1 heterocycles. The third-order valence-electron chi connectivity index (χ3n) is 4.12. The zero-order valence-electron chi connectivity index (χ0n) is 11.8. The number of hydrogen-bond donors (Lipinski definition) is 0. The van der Waals surface area contributed by atoms with Gasteiger partial charge in [-0.1, -0.05) is 12.8 Å². The van der Waals surface area contributed by atoms with Gasteiger partial charge in [-0.15, -0.1) is 11.6 Å². The summed E-state index contributed by atoms with van der Waals surface area (Å²) < 4.78 is 15.9. The van der Waals surface area contributed by atoms with Crippen LogP contribution < -0.4 is 0 Å². The van der Waals surface area contributed by atoms with Gasteiger partial charge in [-0.05, 0) is 37.3 Å². The van der Waals surface area contributed by atoms with Gasteiger partial charge in [0, 0.05) is 24.9 Å². The van der Waals surface area contributed by atoms with Crippen LogP contribution in [0.1, 0.15) is 37.1 Å². The second kappa shape index (κ2) is 5.72. The summed E-state index contributed by atoms with van der Waals surface area (Å²) in [5, 5.41) is 0. The second-order valence-corrected chi connectivity index (χ2v) is 6.17. The molecular formula is C16H20ClFN2. The van der Waals surface area contributed by atoms with Crippen molar-refractivity contribution in [3.05, 3.63) is 29.3 Å². The highest BCUT2D eigenvalue weighted by Crippen LogP contribution is 2.34. The highest BCUT2D eigenvalue weighted by Gasteiger charge is 2.21. The standard InChI is InChI=1S/C16H20ClFN2/c1-11-9-15-14(10-13(11)18)19-16(6-7-17)20(15)8-2-3-12-4-5-12/h9-10,12H,2-8H2,1H3. The van der Waals surface area contributed by atoms with Crippen molar-refractivity contribution in [3.8, 4) is 0 Å². The number of aromatic nitrogens is 2. The van der Waals surface area contributed by atoms with E-state index in [4.69, 9.17) is 11.6 Å². The summed E-state index contributed by atoms with van der Waals surface area (Å²) in [7, 11) is 0. The first kappa shape index (κ1) is 13.9. The zero-order chi connectivity index (χ0) is 14.1. The molecule has 0 radical (unpaired) electrons. The molecule has 0 atom stereocenters. The summed E-state index contributed by atoms with van der Waals surface area (Å²) in [6, 6.07) is 3.45. The van der Waals surface area contributed by atoms with Crippen molar-refractivity contribution < 1.29 is 4.39 Å². The quantitative estimate of drug-likeness (QED) is 0.720. The van der Waals surface area contributed by atoms with E-state index in [-0.39, 0.29) is 5.82 Å². The van der Waals surface area contributed by atoms with Crippen molar-refractivity contribution >= 4 is 22.6 Å². The predicted octanol–water partition coefficient (Wildman–Crippen LogP) is 4.46. The number of aryl methyl sites for hydroxylation is 3. The Morgan fingerprint density at radius 1 is 1.40 bits per heavy atom. The van der Waals surface area contributed by atoms with E-state index < -0.39 is 0 Å². The second-order valence-electron chi connectivity index (χ2n) is 5.79. The van der Waals surface area contributed by atoms with Crippen LogP contribution in [0.3, 0.4) is 0 Å². The van der Waals surface area contributed by atoms with Crippen molar-refractivity contribution in [2.24, 2.45) is 5.92 Å². The lowest BCUT2D eigenvalue weighted by Gasteiger charge is -2.08. The van der Waals surface area contributed by atoms with Crippen LogP contribution in [-0.4, -0.2) is 15.4 Å². The number of fused-ring (bicyclic) bond motifs is 1. The van der Waals surface area contributed by atoms with Gasteiger partial charge in [0.1, 0.15) is 11.6 Å². The fourth-order valence-corrected chi connectivity index (χ4v) is 2.94. The van der Waals surface area contributed by atoms with E-state index in [9.17, 15) is 4.39 Å². The summed E-state index contributed by atoms with van der Waals surface area (Å²) in [5.41, 5.74) is 2.47. The van der Waals surface area contributed by atoms with Crippen molar-refractivity contribution in [1.29, 1.82) is 0 Å². The highest BCUT2D eigenvalue weighted by molar-refractivity contribution is 6.17. The molecule has 0 amide bonds. The first-order valence-corrected chi connectivity index (χ1v) is 7.93. The number of alkyl halides is 1. The lowest BCUT2D eigenvalue weighted by molar-refractivity contribution is 0.571. The number of nitrogens with zero attached hydrogens (tertiary/aromatic N) is 2. The molecule has 3 rings (SSSR count). The average molecular weight is 295 g/mol. The molecule has 0 unspecified atom stereocenters. The van der Waals surface area contributed by atoms with Gasteiger partial charge in [0.15, 0.2) is 0 Å². The Morgan fingerprint density at radius 2 is 2.20 bits per heavy atom. The first-order valence-electron chi connectivity index (χ1n) is 7.40. The van der Waals surface area contributed by atoms with E-state index in [1.807, 2.05) is 6.07 Å². The summed E-state index contributed by atoms with van der Waals surface area (Å²) in [4.78, 5) is 4.56. The molecule has 1 aromatic carbocycles. The topological polar surface area (TPSA) is 17.8 Å². The first-order chi connectivity index (χ1) is 9.69. The van der Waals surface area contributed by atoms with Gasteiger partial charge in [-0.3, -0.25) is 0 Å². The van der Waals surface area contributed by atoms with Gasteiger partial charge in [-0.25, -0.2) is 9.37 Å². The molecule has 1 aliphatic carbocycles. The van der Waals surface area contributed by atoms with Gasteiger partial charge >= 0.3 is 0 Å². The third kappa shape index (κ3) is 2.83. The van der Waals surface area contributed by atoms with Crippen LogP contribution in [-0.2, 0) is 13.0 Å². The van der Waals surface area contributed by atoms with Crippen LogP contribution in [0.5, 0.6) is 0 Å². The lowest BCUT2D eigenvalue weighted by Crippen LogP contribution is -2.05. The minimum absolute atomic E-state index is 0.183. The minimum Gasteiger partial charge on any atom is -0.328 e. The molecule has 2 nitrogen and oxygen atoms in total. The molecule has 2 aromatic rings. The Hall–Kier alpha value is -1.09. The minimum atomic E-state index is -0.183. The number of rotatable bonds is 6. The van der Waals surface area contributed by atoms with Crippen molar-refractivity contribution in [1.82, 2.24) is 9.55 Å². The molecule has 1 saturated carbocycles. The number of hydrogen-bond acceptors (Lipinski definition) is 1. The number of imidazole rings is 1. The monoisotopic (exact) mass is 294 g/mol. The largest absolute Gasteiger partial charge is 0.328 e. The maximum Gasteiger partial charge on any atom is 0.128 e. The molecule has 108 valence electrons. The smallest absolute Gasteiger partial charge is 0.128 e. The van der Waals surface area contributed by atoms with Crippen molar-refractivity contribution in [3.63, 3.8) is 0 Å². The highest BCUT2D eigenvalue weighted by atomic mass is 35.5. The summed E-state index contributed by atoms with van der Waals surface area (Å²) in [6.07, 6.45) is 5.98. The molecule has 0 spiro atoms. The molecule has 1 aliphatic rings. The molecule has 4 heteroatoms. The molecule has 20 heavy (non-hydrogen) atoms. The van der Waals surface area contributed by atoms with E-state index >= 15 is 0 Å². The van der Waals surface area contributed by atoms with Crippen LogP contribution >= 0.6 is 11.6 Å². The van der Waals surface area contributed by atoms with Gasteiger partial charge in [-0.2, -0.15) is 0 Å². The SMILES string of the molecule is Cc1cc2c(cc1F)nc(CCCl)n2CCCC1CC1. The third-order valence-corrected chi connectivity index (χ3v) is 4.31. The lowest BCUT2D eigenvalue weighted by atomic mass is 10.2. The molecule has 1 aromatic heterocycles. The van der Waals surface area contributed by atoms with E-state index in [1.54, 1.807) is 13.0 Å². The molecular weight excluding hydrogens is 275 g/mol. The Bertz CT molecular complexity index is 616. The van der Waals surface area contributed by atoms with Gasteiger partial charge in [0.25, 0.3) is 0 Å². The Kier molecular flexibility index (Phi) is 3.97. The van der Waals surface area contributed by atoms with E-state index in [0.717, 1.165) is 35.7 Å². The van der Waals surface area contributed by atoms with Crippen LogP contribution in [0.4, 0.5) is 4.39 Å². The van der Waals surface area contributed by atoms with Crippen LogP contribution in [0.15, 0.2) is 12.1 Å². The Morgan fingerprint density at radius 3 is 2.90 bits per heavy atom. The van der Waals surface area contributed by atoms with Gasteiger partial charge in [0.05, 0.1) is 11.0 Å². The molecule has 0 bridgehead atoms. The maximum absolute atomic E-state index is 13.7. The molecule has 0 aliphatic heterocycles. The van der Waals surface area contributed by atoms with E-state index in [0.29, 0.717) is 11.4 Å². The maximum atomic E-state index is 13.7. The van der Waals surface area contributed by atoms with Gasteiger partial charge in [0.2, 0.25) is 0 Å². The normalized spacial score (nSPS) is 15.2. The molecule has 1 fully saturated rings. The Balaban J connectivity index is 1.91. The van der Waals surface area contributed by atoms with Gasteiger partial charge < -0.3 is 4.57 Å². The summed E-state index contributed by atoms with van der Waals surface area (Å²) >= 11 is 5.87. The zero-order valence-corrected chi connectivity index (χ0v) is 12.6. The summed E-state index contributed by atoms with van der Waals surface area (Å²) in [6.45, 7) is 2.77.